The summed E-state index contributed by atoms with van der Waals surface area (Å²) >= 11 is 0. The van der Waals surface area contributed by atoms with E-state index in [1.54, 1.807) is 19.1 Å². The summed E-state index contributed by atoms with van der Waals surface area (Å²) in [6.07, 6.45) is 0. The maximum Gasteiger partial charge on any atom is 0.314 e. The predicted octanol–water partition coefficient (Wildman–Crippen LogP) is 1.99. The first-order valence-electron chi connectivity index (χ1n) is 9.77. The Bertz CT molecular complexity index is 889. The number of nitrogens with one attached hydrogen (secondary N) is 2. The van der Waals surface area contributed by atoms with Gasteiger partial charge in [-0.05, 0) is 38.0 Å². The van der Waals surface area contributed by atoms with Crippen molar-refractivity contribution in [2.75, 3.05) is 19.8 Å². The Hall–Kier alpha value is -2.85. The summed E-state index contributed by atoms with van der Waals surface area (Å²) in [5.74, 6) is -2.00. The number of carbonyl (C=O) groups is 2. The predicted molar refractivity (Wildman–Crippen MR) is 110 cm³/mol. The van der Waals surface area contributed by atoms with Crippen molar-refractivity contribution in [1.82, 2.24) is 5.32 Å². The smallest absolute Gasteiger partial charge is 0.314 e. The highest BCUT2D eigenvalue weighted by atomic mass is 19.1. The number of amides is 1. The summed E-state index contributed by atoms with van der Waals surface area (Å²) in [6, 6.07) is 13.8. The number of hydrogen-bond acceptors (Lipinski definition) is 6. The molecule has 2 aromatic rings. The molecule has 0 saturated heterocycles. The van der Waals surface area contributed by atoms with Crippen molar-refractivity contribution in [1.29, 1.82) is 0 Å². The fourth-order valence-corrected chi connectivity index (χ4v) is 2.77. The van der Waals surface area contributed by atoms with Gasteiger partial charge in [0.15, 0.2) is 0 Å². The van der Waals surface area contributed by atoms with Crippen LogP contribution in [0.25, 0.3) is 11.1 Å². The molecule has 31 heavy (non-hydrogen) atoms. The standard InChI is InChI=1S/C22H27FN2O6/c1-15(17-9-10-18(19(23)13-17)16-7-5-4-6-8-16)20(26)24-11-12-30-21(27)22(2,3)14-31-25(28)29/h4-10,13,15,25,28H,11-12,14H2,1-3H3,(H,24,26)/t15-/m0/s1. The zero-order chi connectivity index (χ0) is 23.0. The summed E-state index contributed by atoms with van der Waals surface area (Å²) in [5, 5.41) is 20.1. The SMILES string of the molecule is C[C@H](C(=O)NCCOC(=O)C(C)(C)CO[NH+]([O-])O)c1ccc(-c2ccccc2)c(F)c1. The monoisotopic (exact) mass is 434 g/mol. The summed E-state index contributed by atoms with van der Waals surface area (Å²) in [5.41, 5.74) is 0.590. The van der Waals surface area contributed by atoms with Crippen molar-refractivity contribution in [2.24, 2.45) is 5.41 Å². The number of ether oxygens (including phenoxy) is 1. The molecule has 2 aromatic carbocycles. The first-order valence-corrected chi connectivity index (χ1v) is 9.77. The number of halogens is 1. The van der Waals surface area contributed by atoms with Crippen molar-refractivity contribution >= 4 is 11.9 Å². The minimum absolute atomic E-state index is 0.0648. The molecule has 3 N–H and O–H groups in total. The Morgan fingerprint density at radius 1 is 1.23 bits per heavy atom. The summed E-state index contributed by atoms with van der Waals surface area (Å²) in [4.78, 5) is 28.8. The molecule has 0 aliphatic heterocycles. The van der Waals surface area contributed by atoms with E-state index in [0.29, 0.717) is 11.1 Å². The third kappa shape index (κ3) is 7.11. The number of carbonyl (C=O) groups excluding carboxylic acids is 2. The van der Waals surface area contributed by atoms with Crippen LogP contribution in [0.3, 0.4) is 0 Å². The van der Waals surface area contributed by atoms with Crippen LogP contribution in [0, 0.1) is 16.4 Å². The van der Waals surface area contributed by atoms with Crippen molar-refractivity contribution in [2.45, 2.75) is 26.7 Å². The van der Waals surface area contributed by atoms with Crippen LogP contribution in [0.15, 0.2) is 48.5 Å². The zero-order valence-corrected chi connectivity index (χ0v) is 17.7. The molecule has 2 atom stereocenters. The lowest BCUT2D eigenvalue weighted by molar-refractivity contribution is -1.21. The van der Waals surface area contributed by atoms with Gasteiger partial charge >= 0.3 is 5.97 Å². The van der Waals surface area contributed by atoms with Crippen LogP contribution in [0.2, 0.25) is 0 Å². The van der Waals surface area contributed by atoms with Crippen molar-refractivity contribution < 1.29 is 34.2 Å². The molecule has 0 fully saturated rings. The van der Waals surface area contributed by atoms with Crippen molar-refractivity contribution in [3.05, 3.63) is 65.1 Å². The molecule has 0 saturated carbocycles. The second kappa shape index (κ2) is 11.0. The number of esters is 1. The van der Waals surface area contributed by atoms with E-state index in [1.165, 1.54) is 19.9 Å². The summed E-state index contributed by atoms with van der Waals surface area (Å²) in [6.45, 7) is 4.28. The third-order valence-corrected chi connectivity index (χ3v) is 4.71. The molecule has 0 radical (unpaired) electrons. The maximum absolute atomic E-state index is 14.5. The van der Waals surface area contributed by atoms with Gasteiger partial charge in [-0.15, -0.1) is 0 Å². The highest BCUT2D eigenvalue weighted by Crippen LogP contribution is 2.26. The molecule has 0 aromatic heterocycles. The van der Waals surface area contributed by atoms with Gasteiger partial charge in [0.2, 0.25) is 5.91 Å². The van der Waals surface area contributed by atoms with E-state index < -0.39 is 28.5 Å². The molecule has 0 bridgehead atoms. The third-order valence-electron chi connectivity index (χ3n) is 4.71. The Kier molecular flexibility index (Phi) is 8.64. The van der Waals surface area contributed by atoms with Gasteiger partial charge < -0.3 is 15.3 Å². The molecule has 0 aliphatic rings. The van der Waals surface area contributed by atoms with Crippen molar-refractivity contribution in [3.63, 3.8) is 0 Å². The van der Waals surface area contributed by atoms with Gasteiger partial charge in [0.1, 0.15) is 19.0 Å². The lowest BCUT2D eigenvalue weighted by atomic mass is 9.95. The van der Waals surface area contributed by atoms with Gasteiger partial charge in [-0.25, -0.2) is 4.39 Å². The zero-order valence-electron chi connectivity index (χ0n) is 17.7. The van der Waals surface area contributed by atoms with E-state index in [-0.39, 0.29) is 25.7 Å². The molecular formula is C22H27FN2O6. The molecule has 0 spiro atoms. The van der Waals surface area contributed by atoms with Gasteiger partial charge in [0.25, 0.3) is 0 Å². The van der Waals surface area contributed by atoms with Crippen LogP contribution < -0.4 is 10.7 Å². The second-order valence-electron chi connectivity index (χ2n) is 7.69. The molecular weight excluding hydrogens is 407 g/mol. The fourth-order valence-electron chi connectivity index (χ4n) is 2.77. The summed E-state index contributed by atoms with van der Waals surface area (Å²) < 4.78 is 19.6. The van der Waals surface area contributed by atoms with Crippen LogP contribution in [0.5, 0.6) is 0 Å². The maximum atomic E-state index is 14.5. The van der Waals surface area contributed by atoms with E-state index in [0.717, 1.165) is 5.56 Å². The van der Waals surface area contributed by atoms with Gasteiger partial charge in [-0.2, -0.15) is 10.0 Å². The molecule has 9 heteroatoms. The van der Waals surface area contributed by atoms with Gasteiger partial charge in [-0.1, -0.05) is 47.9 Å². The number of rotatable bonds is 10. The van der Waals surface area contributed by atoms with Crippen LogP contribution in [-0.2, 0) is 19.2 Å². The number of quaternary nitrogens is 1. The van der Waals surface area contributed by atoms with E-state index in [9.17, 15) is 19.2 Å². The molecule has 0 aliphatic carbocycles. The van der Waals surface area contributed by atoms with Crippen LogP contribution in [-0.4, -0.2) is 36.8 Å². The lowest BCUT2D eigenvalue weighted by Crippen LogP contribution is -3.03. The average molecular weight is 434 g/mol. The normalized spacial score (nSPS) is 13.4. The van der Waals surface area contributed by atoms with E-state index >= 15 is 0 Å². The number of hydrogen-bond donors (Lipinski definition) is 3. The molecule has 2 rings (SSSR count). The highest BCUT2D eigenvalue weighted by Gasteiger charge is 2.31. The Balaban J connectivity index is 1.85. The quantitative estimate of drug-likeness (QED) is 0.300. The minimum atomic E-state index is -1.48. The van der Waals surface area contributed by atoms with Gasteiger partial charge in [0, 0.05) is 5.56 Å². The van der Waals surface area contributed by atoms with Crippen LogP contribution >= 0.6 is 0 Å². The minimum Gasteiger partial charge on any atom is -0.566 e. The fraction of sp³-hybridized carbons (Fsp3) is 0.364. The lowest BCUT2D eigenvalue weighted by Gasteiger charge is -2.22. The Morgan fingerprint density at radius 2 is 1.90 bits per heavy atom. The van der Waals surface area contributed by atoms with E-state index in [4.69, 9.17) is 9.94 Å². The van der Waals surface area contributed by atoms with Gasteiger partial charge in [-0.3, -0.25) is 9.59 Å². The molecule has 1 unspecified atom stereocenters. The largest absolute Gasteiger partial charge is 0.566 e. The summed E-state index contributed by atoms with van der Waals surface area (Å²) in [7, 11) is 0. The van der Waals surface area contributed by atoms with Crippen molar-refractivity contribution in [3.8, 4) is 11.1 Å². The number of benzene rings is 2. The van der Waals surface area contributed by atoms with E-state index in [1.807, 2.05) is 30.3 Å². The molecule has 8 nitrogen and oxygen atoms in total. The highest BCUT2D eigenvalue weighted by molar-refractivity contribution is 5.83. The Labute approximate surface area is 180 Å². The first kappa shape index (κ1) is 24.4. The topological polar surface area (TPSA) is 112 Å². The average Bonchev–Trinajstić information content (AvgIpc) is 2.75. The molecule has 168 valence electrons. The van der Waals surface area contributed by atoms with Crippen LogP contribution in [0.1, 0.15) is 32.3 Å². The van der Waals surface area contributed by atoms with E-state index in [2.05, 4.69) is 10.2 Å². The van der Waals surface area contributed by atoms with Gasteiger partial charge in [0.05, 0.1) is 17.9 Å². The second-order valence-corrected chi connectivity index (χ2v) is 7.69. The molecule has 1 amide bonds. The Morgan fingerprint density at radius 3 is 2.52 bits per heavy atom. The van der Waals surface area contributed by atoms with Crippen LogP contribution in [0.4, 0.5) is 4.39 Å². The molecule has 0 heterocycles. The first-order chi connectivity index (χ1) is 14.6.